The Kier molecular flexibility index (Phi) is 9.73. The molecule has 2 rings (SSSR count). The Bertz CT molecular complexity index is 1110. The normalized spacial score (nSPS) is 12.4. The molecule has 0 aliphatic heterocycles. The first-order valence-electron chi connectivity index (χ1n) is 10.6. The highest BCUT2D eigenvalue weighted by molar-refractivity contribution is 7.92. The summed E-state index contributed by atoms with van der Waals surface area (Å²) >= 11 is 12.1. The molecule has 7 nitrogen and oxygen atoms in total. The topological polar surface area (TPSA) is 86.8 Å². The van der Waals surface area contributed by atoms with E-state index in [2.05, 4.69) is 5.32 Å². The van der Waals surface area contributed by atoms with Gasteiger partial charge in [-0.2, -0.15) is 0 Å². The molecule has 0 fully saturated rings. The molecular weight excluding hydrogens is 504 g/mol. The highest BCUT2D eigenvalue weighted by Crippen LogP contribution is 2.27. The molecule has 2 amide bonds. The molecule has 0 bridgehead atoms. The molecule has 0 radical (unpaired) electrons. The van der Waals surface area contributed by atoms with E-state index >= 15 is 0 Å². The van der Waals surface area contributed by atoms with E-state index in [-0.39, 0.29) is 40.6 Å². The van der Waals surface area contributed by atoms with Crippen LogP contribution in [0.1, 0.15) is 32.8 Å². The van der Waals surface area contributed by atoms with Gasteiger partial charge in [0.2, 0.25) is 21.8 Å². The van der Waals surface area contributed by atoms with Gasteiger partial charge in [0, 0.05) is 22.6 Å². The van der Waals surface area contributed by atoms with E-state index in [1.807, 2.05) is 0 Å². The second-order valence-electron chi connectivity index (χ2n) is 8.13. The lowest BCUT2D eigenvalue weighted by Gasteiger charge is -2.33. The van der Waals surface area contributed by atoms with Crippen LogP contribution in [0.3, 0.4) is 0 Å². The van der Waals surface area contributed by atoms with Crippen LogP contribution in [0.25, 0.3) is 0 Å². The molecule has 1 N–H and O–H groups in total. The standard InChI is InChI=1S/C23H28Cl2FN3O4S/c1-5-21(23(31)27-15(2)3)28(13-16-6-8-19(26)9-7-16)22(30)14-29(34(4,32)33)20-11-17(24)10-18(25)12-20/h6-12,15,21H,5,13-14H2,1-4H3,(H,27,31)/t21-/m1/s1. The predicted molar refractivity (Wildman–Crippen MR) is 133 cm³/mol. The quantitative estimate of drug-likeness (QED) is 0.496. The van der Waals surface area contributed by atoms with Gasteiger partial charge in [-0.1, -0.05) is 42.3 Å². The lowest BCUT2D eigenvalue weighted by atomic mass is 10.1. The van der Waals surface area contributed by atoms with Crippen LogP contribution in [-0.2, 0) is 26.2 Å². The number of rotatable bonds is 10. The summed E-state index contributed by atoms with van der Waals surface area (Å²) in [6.45, 7) is 4.75. The van der Waals surface area contributed by atoms with Gasteiger partial charge in [0.25, 0.3) is 0 Å². The van der Waals surface area contributed by atoms with Crippen molar-refractivity contribution in [3.05, 3.63) is 63.9 Å². The second-order valence-corrected chi connectivity index (χ2v) is 10.9. The fourth-order valence-electron chi connectivity index (χ4n) is 3.38. The van der Waals surface area contributed by atoms with E-state index in [4.69, 9.17) is 23.2 Å². The van der Waals surface area contributed by atoms with Crippen LogP contribution in [0.4, 0.5) is 10.1 Å². The largest absolute Gasteiger partial charge is 0.352 e. The monoisotopic (exact) mass is 531 g/mol. The molecule has 0 unspecified atom stereocenters. The first-order valence-corrected chi connectivity index (χ1v) is 13.2. The Balaban J connectivity index is 2.46. The number of nitrogens with zero attached hydrogens (tertiary/aromatic N) is 2. The molecular formula is C23H28Cl2FN3O4S. The van der Waals surface area contributed by atoms with Gasteiger partial charge in [-0.05, 0) is 56.2 Å². The zero-order valence-corrected chi connectivity index (χ0v) is 21.7. The van der Waals surface area contributed by atoms with Crippen LogP contribution in [0.2, 0.25) is 10.0 Å². The number of sulfonamides is 1. The van der Waals surface area contributed by atoms with Gasteiger partial charge >= 0.3 is 0 Å². The molecule has 34 heavy (non-hydrogen) atoms. The smallest absolute Gasteiger partial charge is 0.244 e. The molecule has 0 aliphatic rings. The highest BCUT2D eigenvalue weighted by atomic mass is 35.5. The van der Waals surface area contributed by atoms with E-state index in [9.17, 15) is 22.4 Å². The summed E-state index contributed by atoms with van der Waals surface area (Å²) in [5.41, 5.74) is 0.706. The molecule has 0 spiro atoms. The summed E-state index contributed by atoms with van der Waals surface area (Å²) in [5, 5.41) is 3.20. The van der Waals surface area contributed by atoms with Crippen molar-refractivity contribution in [2.24, 2.45) is 0 Å². The lowest BCUT2D eigenvalue weighted by Crippen LogP contribution is -2.53. The van der Waals surface area contributed by atoms with Gasteiger partial charge in [0.15, 0.2) is 0 Å². The molecule has 0 heterocycles. The number of amides is 2. The van der Waals surface area contributed by atoms with Crippen LogP contribution < -0.4 is 9.62 Å². The van der Waals surface area contributed by atoms with E-state index in [1.54, 1.807) is 20.8 Å². The molecule has 0 saturated carbocycles. The van der Waals surface area contributed by atoms with Crippen LogP contribution in [0.15, 0.2) is 42.5 Å². The predicted octanol–water partition coefficient (Wildman–Crippen LogP) is 4.23. The van der Waals surface area contributed by atoms with Gasteiger partial charge in [0.1, 0.15) is 18.4 Å². The van der Waals surface area contributed by atoms with Crippen LogP contribution >= 0.6 is 23.2 Å². The second kappa shape index (κ2) is 11.9. The van der Waals surface area contributed by atoms with Crippen molar-refractivity contribution in [1.29, 1.82) is 0 Å². The number of carbonyl (C=O) groups is 2. The summed E-state index contributed by atoms with van der Waals surface area (Å²) in [5.74, 6) is -1.42. The van der Waals surface area contributed by atoms with Crippen LogP contribution in [-0.4, -0.2) is 50.0 Å². The fourth-order valence-corrected chi connectivity index (χ4v) is 4.73. The summed E-state index contributed by atoms with van der Waals surface area (Å²) in [7, 11) is -3.91. The van der Waals surface area contributed by atoms with Crippen molar-refractivity contribution in [3.8, 4) is 0 Å². The van der Waals surface area contributed by atoms with Gasteiger partial charge in [-0.15, -0.1) is 0 Å². The zero-order valence-electron chi connectivity index (χ0n) is 19.4. The summed E-state index contributed by atoms with van der Waals surface area (Å²) in [6.07, 6.45) is 1.25. The third-order valence-electron chi connectivity index (χ3n) is 4.90. The number of anilines is 1. The van der Waals surface area contributed by atoms with Gasteiger partial charge < -0.3 is 10.2 Å². The van der Waals surface area contributed by atoms with Crippen LogP contribution in [0.5, 0.6) is 0 Å². The summed E-state index contributed by atoms with van der Waals surface area (Å²) in [4.78, 5) is 27.7. The third-order valence-corrected chi connectivity index (χ3v) is 6.47. The Morgan fingerprint density at radius 2 is 1.62 bits per heavy atom. The van der Waals surface area contributed by atoms with E-state index in [1.165, 1.54) is 47.4 Å². The number of halogens is 3. The van der Waals surface area contributed by atoms with Crippen molar-refractivity contribution in [2.75, 3.05) is 17.1 Å². The molecule has 2 aromatic rings. The van der Waals surface area contributed by atoms with Gasteiger partial charge in [-0.3, -0.25) is 13.9 Å². The molecule has 0 saturated heterocycles. The van der Waals surface area contributed by atoms with Crippen molar-refractivity contribution >= 4 is 50.7 Å². The average molecular weight is 532 g/mol. The summed E-state index contributed by atoms with van der Waals surface area (Å²) in [6, 6.07) is 8.70. The fraction of sp³-hybridized carbons (Fsp3) is 0.391. The number of hydrogen-bond acceptors (Lipinski definition) is 4. The van der Waals surface area contributed by atoms with E-state index in [0.29, 0.717) is 5.56 Å². The first-order chi connectivity index (χ1) is 15.8. The first kappa shape index (κ1) is 27.9. The maximum absolute atomic E-state index is 13.5. The number of nitrogens with one attached hydrogen (secondary N) is 1. The van der Waals surface area contributed by atoms with Gasteiger partial charge in [0.05, 0.1) is 11.9 Å². The lowest BCUT2D eigenvalue weighted by molar-refractivity contribution is -0.140. The number of carbonyl (C=O) groups excluding carboxylic acids is 2. The number of hydrogen-bond donors (Lipinski definition) is 1. The Hall–Kier alpha value is -2.36. The third kappa shape index (κ3) is 7.85. The minimum atomic E-state index is -3.91. The van der Waals surface area contributed by atoms with Crippen LogP contribution in [0, 0.1) is 5.82 Å². The molecule has 2 aromatic carbocycles. The van der Waals surface area contributed by atoms with E-state index < -0.39 is 34.3 Å². The van der Waals surface area contributed by atoms with Crippen molar-refractivity contribution < 1.29 is 22.4 Å². The highest BCUT2D eigenvalue weighted by Gasteiger charge is 2.32. The Morgan fingerprint density at radius 3 is 2.09 bits per heavy atom. The average Bonchev–Trinajstić information content (AvgIpc) is 2.71. The molecule has 11 heteroatoms. The molecule has 1 atom stereocenters. The SMILES string of the molecule is CC[C@H](C(=O)NC(C)C)N(Cc1ccc(F)cc1)C(=O)CN(c1cc(Cl)cc(Cl)c1)S(C)(=O)=O. The zero-order chi connectivity index (χ0) is 25.6. The maximum atomic E-state index is 13.5. The summed E-state index contributed by atoms with van der Waals surface area (Å²) < 4.78 is 39.4. The Morgan fingerprint density at radius 1 is 1.06 bits per heavy atom. The molecule has 0 aliphatic carbocycles. The Labute approximate surface area is 209 Å². The molecule has 186 valence electrons. The van der Waals surface area contributed by atoms with Gasteiger partial charge in [-0.25, -0.2) is 12.8 Å². The van der Waals surface area contributed by atoms with E-state index in [0.717, 1.165) is 10.6 Å². The van der Waals surface area contributed by atoms with Crippen molar-refractivity contribution in [1.82, 2.24) is 10.2 Å². The van der Waals surface area contributed by atoms with Crippen molar-refractivity contribution in [3.63, 3.8) is 0 Å². The maximum Gasteiger partial charge on any atom is 0.244 e. The molecule has 0 aromatic heterocycles. The number of benzene rings is 2. The van der Waals surface area contributed by atoms with Crippen molar-refractivity contribution in [2.45, 2.75) is 45.8 Å². The minimum absolute atomic E-state index is 0.0168. The minimum Gasteiger partial charge on any atom is -0.352 e.